The molecule has 0 aromatic carbocycles. The van der Waals surface area contributed by atoms with Crippen LogP contribution >= 0.6 is 0 Å². The number of hydrogen-bond acceptors (Lipinski definition) is 1. The van der Waals surface area contributed by atoms with E-state index >= 15 is 0 Å². The summed E-state index contributed by atoms with van der Waals surface area (Å²) in [6.07, 6.45) is 1.14. The van der Waals surface area contributed by atoms with Crippen molar-refractivity contribution in [1.29, 1.82) is 0 Å². The van der Waals surface area contributed by atoms with Gasteiger partial charge in [0.05, 0.1) is 6.61 Å². The highest BCUT2D eigenvalue weighted by Crippen LogP contribution is 1.82. The lowest BCUT2D eigenvalue weighted by atomic mass is 10.4. The smallest absolute Gasteiger partial charge is 0.0949 e. The fraction of sp³-hybridized carbons (Fsp3) is 1.00. The zero-order valence-corrected chi connectivity index (χ0v) is 5.68. The van der Waals surface area contributed by atoms with E-state index in [1.807, 2.05) is 11.9 Å². The maximum absolute atomic E-state index is 9.97. The summed E-state index contributed by atoms with van der Waals surface area (Å²) < 4.78 is 0. The van der Waals surface area contributed by atoms with E-state index in [9.17, 15) is 5.11 Å². The van der Waals surface area contributed by atoms with Gasteiger partial charge in [-0.15, -0.1) is 0 Å². The molecule has 0 aromatic rings. The molecular formula is C6H14NO. The van der Waals surface area contributed by atoms with E-state index in [2.05, 4.69) is 6.92 Å². The maximum Gasteiger partial charge on any atom is 0.0949 e. The first-order chi connectivity index (χ1) is 3.81. The first-order valence-electron chi connectivity index (χ1n) is 3.08. The van der Waals surface area contributed by atoms with Crippen molar-refractivity contribution < 1.29 is 5.11 Å². The molecule has 0 rings (SSSR count). The van der Waals surface area contributed by atoms with Gasteiger partial charge in [-0.2, -0.15) is 0 Å². The van der Waals surface area contributed by atoms with Gasteiger partial charge in [-0.1, -0.05) is 6.92 Å². The molecule has 49 valence electrons. The fourth-order valence-corrected chi connectivity index (χ4v) is 0.649. The van der Waals surface area contributed by atoms with E-state index in [-0.39, 0.29) is 6.61 Å². The second-order valence-corrected chi connectivity index (χ2v) is 2.01. The zero-order valence-electron chi connectivity index (χ0n) is 5.68. The van der Waals surface area contributed by atoms with Crippen LogP contribution in [0.25, 0.3) is 0 Å². The van der Waals surface area contributed by atoms with Gasteiger partial charge in [0.25, 0.3) is 0 Å². The molecule has 0 fully saturated rings. The van der Waals surface area contributed by atoms with Crippen LogP contribution in [0.4, 0.5) is 0 Å². The topological polar surface area (TPSA) is 23.1 Å². The zero-order chi connectivity index (χ0) is 6.41. The number of rotatable bonds is 4. The van der Waals surface area contributed by atoms with Crippen molar-refractivity contribution in [1.82, 2.24) is 4.90 Å². The summed E-state index contributed by atoms with van der Waals surface area (Å²) in [5.41, 5.74) is 0. The van der Waals surface area contributed by atoms with Gasteiger partial charge in [-0.3, -0.25) is 0 Å². The highest BCUT2D eigenvalue weighted by Gasteiger charge is 1.91. The number of nitrogens with zero attached hydrogens (tertiary/aromatic N) is 1. The predicted molar refractivity (Wildman–Crippen MR) is 33.3 cm³/mol. The normalized spacial score (nSPS) is 10.5. The molecule has 0 N–H and O–H groups in total. The summed E-state index contributed by atoms with van der Waals surface area (Å²) >= 11 is 0. The fourth-order valence-electron chi connectivity index (χ4n) is 0.649. The highest BCUT2D eigenvalue weighted by atomic mass is 16.3. The Labute approximate surface area is 51.1 Å². The summed E-state index contributed by atoms with van der Waals surface area (Å²) in [6, 6.07) is 0. The van der Waals surface area contributed by atoms with E-state index in [0.29, 0.717) is 6.54 Å². The third kappa shape index (κ3) is 4.09. The Balaban J connectivity index is 2.92. The molecule has 0 aliphatic carbocycles. The molecule has 0 spiro atoms. The Kier molecular flexibility index (Phi) is 5.01. The molecule has 2 heteroatoms. The van der Waals surface area contributed by atoms with Crippen LogP contribution in [-0.4, -0.2) is 31.6 Å². The molecule has 0 amide bonds. The third-order valence-corrected chi connectivity index (χ3v) is 1.08. The molecule has 0 aromatic heterocycles. The highest BCUT2D eigenvalue weighted by molar-refractivity contribution is 4.45. The molecular weight excluding hydrogens is 102 g/mol. The molecule has 0 bridgehead atoms. The van der Waals surface area contributed by atoms with Gasteiger partial charge in [0.2, 0.25) is 0 Å². The predicted octanol–water partition coefficient (Wildman–Crippen LogP) is 0.759. The quantitative estimate of drug-likeness (QED) is 0.531. The van der Waals surface area contributed by atoms with Crippen LogP contribution in [0.1, 0.15) is 13.3 Å². The summed E-state index contributed by atoms with van der Waals surface area (Å²) in [4.78, 5) is 2.05. The molecule has 8 heavy (non-hydrogen) atoms. The molecule has 0 aliphatic rings. The summed E-state index contributed by atoms with van der Waals surface area (Å²) in [5.74, 6) is 0. The van der Waals surface area contributed by atoms with E-state index in [1.165, 1.54) is 0 Å². The third-order valence-electron chi connectivity index (χ3n) is 1.08. The van der Waals surface area contributed by atoms with Crippen LogP contribution < -0.4 is 0 Å². The van der Waals surface area contributed by atoms with E-state index in [4.69, 9.17) is 0 Å². The van der Waals surface area contributed by atoms with Crippen molar-refractivity contribution in [2.75, 3.05) is 26.7 Å². The Morgan fingerprint density at radius 2 is 2.00 bits per heavy atom. The lowest BCUT2D eigenvalue weighted by Crippen LogP contribution is -2.22. The van der Waals surface area contributed by atoms with Crippen LogP contribution in [0, 0.1) is 0 Å². The largest absolute Gasteiger partial charge is 0.304 e. The minimum absolute atomic E-state index is 0.0243. The van der Waals surface area contributed by atoms with Gasteiger partial charge in [0, 0.05) is 6.54 Å². The van der Waals surface area contributed by atoms with Crippen LogP contribution in [-0.2, 0) is 5.11 Å². The Hall–Kier alpha value is -0.0800. The Morgan fingerprint density at radius 3 is 2.38 bits per heavy atom. The minimum atomic E-state index is 0.0243. The van der Waals surface area contributed by atoms with Gasteiger partial charge >= 0.3 is 0 Å². The summed E-state index contributed by atoms with van der Waals surface area (Å²) in [6.45, 7) is 3.87. The molecule has 0 atom stereocenters. The van der Waals surface area contributed by atoms with Gasteiger partial charge in [-0.25, -0.2) is 5.11 Å². The summed E-state index contributed by atoms with van der Waals surface area (Å²) in [5, 5.41) is 9.97. The second kappa shape index (κ2) is 5.06. The van der Waals surface area contributed by atoms with Crippen molar-refractivity contribution in [3.63, 3.8) is 0 Å². The average Bonchev–Trinajstić information content (AvgIpc) is 1.68. The molecule has 0 aliphatic heterocycles. The van der Waals surface area contributed by atoms with Crippen molar-refractivity contribution in [2.45, 2.75) is 13.3 Å². The van der Waals surface area contributed by atoms with Crippen molar-refractivity contribution in [3.8, 4) is 0 Å². The summed E-state index contributed by atoms with van der Waals surface area (Å²) in [7, 11) is 1.97. The van der Waals surface area contributed by atoms with Gasteiger partial charge in [0.1, 0.15) is 0 Å². The van der Waals surface area contributed by atoms with Gasteiger partial charge in [0.15, 0.2) is 0 Å². The average molecular weight is 116 g/mol. The van der Waals surface area contributed by atoms with E-state index in [0.717, 1.165) is 13.0 Å². The molecule has 0 saturated heterocycles. The first kappa shape index (κ1) is 7.92. The second-order valence-electron chi connectivity index (χ2n) is 2.01. The van der Waals surface area contributed by atoms with E-state index in [1.54, 1.807) is 0 Å². The minimum Gasteiger partial charge on any atom is -0.304 e. The first-order valence-corrected chi connectivity index (χ1v) is 3.08. The molecule has 0 heterocycles. The lowest BCUT2D eigenvalue weighted by Gasteiger charge is -2.11. The monoisotopic (exact) mass is 116 g/mol. The number of hydrogen-bond donors (Lipinski definition) is 0. The Bertz CT molecular complexity index is 41.8. The SMILES string of the molecule is CCCN(C)CC[O]. The number of likely N-dealkylation sites (N-methyl/N-ethyl adjacent to an activating group) is 1. The van der Waals surface area contributed by atoms with Gasteiger partial charge in [-0.05, 0) is 20.0 Å². The van der Waals surface area contributed by atoms with Crippen LogP contribution in [0.2, 0.25) is 0 Å². The lowest BCUT2D eigenvalue weighted by molar-refractivity contribution is 0.154. The maximum atomic E-state index is 9.97. The van der Waals surface area contributed by atoms with Crippen LogP contribution in [0.5, 0.6) is 0 Å². The molecule has 0 unspecified atom stereocenters. The van der Waals surface area contributed by atoms with Crippen LogP contribution in [0.3, 0.4) is 0 Å². The van der Waals surface area contributed by atoms with Crippen molar-refractivity contribution in [3.05, 3.63) is 0 Å². The molecule has 1 radical (unpaired) electrons. The van der Waals surface area contributed by atoms with Crippen LogP contribution in [0.15, 0.2) is 0 Å². The van der Waals surface area contributed by atoms with Gasteiger partial charge < -0.3 is 4.90 Å². The molecule has 0 saturated carbocycles. The Morgan fingerprint density at radius 1 is 1.38 bits per heavy atom. The standard InChI is InChI=1S/C6H14NO/c1-3-4-7(2)5-6-8/h3-6H2,1-2H3. The molecule has 2 nitrogen and oxygen atoms in total. The van der Waals surface area contributed by atoms with E-state index < -0.39 is 0 Å². The van der Waals surface area contributed by atoms with Crippen molar-refractivity contribution in [2.24, 2.45) is 0 Å². The van der Waals surface area contributed by atoms with Crippen molar-refractivity contribution >= 4 is 0 Å².